The summed E-state index contributed by atoms with van der Waals surface area (Å²) in [7, 11) is -1.46. The molecule has 2 aliphatic heterocycles. The average Bonchev–Trinajstić information content (AvgIpc) is 3.44. The van der Waals surface area contributed by atoms with E-state index in [1.807, 2.05) is 55.5 Å². The molecule has 4 heterocycles. The van der Waals surface area contributed by atoms with Crippen LogP contribution >= 0.6 is 0 Å². The van der Waals surface area contributed by atoms with E-state index in [0.717, 1.165) is 22.4 Å². The van der Waals surface area contributed by atoms with Gasteiger partial charge in [-0.05, 0) is 31.4 Å². The number of benzene rings is 1. The maximum Gasteiger partial charge on any atom is 0.211 e. The minimum atomic E-state index is -3.34. The highest BCUT2D eigenvalue weighted by molar-refractivity contribution is 7.88. The molecule has 36 heavy (non-hydrogen) atoms. The van der Waals surface area contributed by atoms with Crippen LogP contribution in [0, 0.1) is 12.3 Å². The number of aryl methyl sites for hydroxylation is 1. The van der Waals surface area contributed by atoms with Gasteiger partial charge in [-0.1, -0.05) is 36.4 Å². The third kappa shape index (κ3) is 4.14. The fourth-order valence-corrected chi connectivity index (χ4v) is 6.29. The zero-order valence-electron chi connectivity index (χ0n) is 20.9. The van der Waals surface area contributed by atoms with Gasteiger partial charge in [0.05, 0.1) is 29.1 Å². The van der Waals surface area contributed by atoms with Crippen molar-refractivity contribution in [2.24, 2.45) is 0 Å². The lowest BCUT2D eigenvalue weighted by molar-refractivity contribution is 0.101. The maximum absolute atomic E-state index is 12.7. The van der Waals surface area contributed by atoms with Gasteiger partial charge < -0.3 is 5.01 Å². The molecule has 9 nitrogen and oxygen atoms in total. The second-order valence-corrected chi connectivity index (χ2v) is 11.7. The number of likely N-dealkylation sites (N-methyl/N-ethyl adjacent to an activating group) is 1. The van der Waals surface area contributed by atoms with Crippen LogP contribution in [0.25, 0.3) is 11.3 Å². The number of rotatable bonds is 5. The number of carbonyl (C=O) groups is 1. The van der Waals surface area contributed by atoms with Crippen molar-refractivity contribution >= 4 is 15.8 Å². The lowest BCUT2D eigenvalue weighted by Crippen LogP contribution is -2.40. The molecule has 2 atom stereocenters. The second-order valence-electron chi connectivity index (χ2n) is 9.75. The zero-order chi connectivity index (χ0) is 25.8. The molecule has 0 saturated carbocycles. The Morgan fingerprint density at radius 3 is 2.50 bits per heavy atom. The van der Waals surface area contributed by atoms with Crippen LogP contribution in [-0.2, 0) is 10.0 Å². The van der Waals surface area contributed by atoms with E-state index in [9.17, 15) is 13.2 Å². The molecule has 1 saturated heterocycles. The normalized spacial score (nSPS) is 20.1. The lowest BCUT2D eigenvalue weighted by atomic mass is 9.95. The summed E-state index contributed by atoms with van der Waals surface area (Å²) in [5.74, 6) is 0.0638. The number of pyridine rings is 1. The number of hydrogen-bond donors (Lipinski definition) is 1. The highest BCUT2D eigenvalue weighted by Crippen LogP contribution is 2.34. The van der Waals surface area contributed by atoms with Crippen molar-refractivity contribution < 1.29 is 13.2 Å². The second kappa shape index (κ2) is 8.94. The van der Waals surface area contributed by atoms with E-state index in [0.29, 0.717) is 31.0 Å². The molecule has 10 heteroatoms. The summed E-state index contributed by atoms with van der Waals surface area (Å²) in [5, 5.41) is 10.8. The SMILES string of the molecule is CC(=O)c1c(C2CCN(S(C)(=O)=O)C2)nc2n(c1=N)N(C)CC2c1cnc(-c2ccccc2)c(C)c1. The molecular formula is C26H30N6O3S. The lowest BCUT2D eigenvalue weighted by Gasteiger charge is -2.20. The van der Waals surface area contributed by atoms with Crippen molar-refractivity contribution in [2.75, 3.05) is 37.9 Å². The summed E-state index contributed by atoms with van der Waals surface area (Å²) in [6.07, 6.45) is 3.63. The first-order valence-corrected chi connectivity index (χ1v) is 13.8. The third-order valence-electron chi connectivity index (χ3n) is 7.16. The Kier molecular flexibility index (Phi) is 6.04. The van der Waals surface area contributed by atoms with Crippen molar-refractivity contribution in [3.63, 3.8) is 0 Å². The molecule has 188 valence electrons. The number of aromatic nitrogens is 3. The van der Waals surface area contributed by atoms with E-state index in [1.54, 1.807) is 4.68 Å². The minimum Gasteiger partial charge on any atom is -0.312 e. The number of nitrogens with zero attached hydrogens (tertiary/aromatic N) is 5. The van der Waals surface area contributed by atoms with Gasteiger partial charge >= 0.3 is 0 Å². The van der Waals surface area contributed by atoms with Gasteiger partial charge in [-0.15, -0.1) is 0 Å². The Bertz CT molecular complexity index is 1520. The number of sulfonamides is 1. The summed E-state index contributed by atoms with van der Waals surface area (Å²) >= 11 is 0. The van der Waals surface area contributed by atoms with Crippen LogP contribution in [0.4, 0.5) is 0 Å². The van der Waals surface area contributed by atoms with Gasteiger partial charge in [0.15, 0.2) is 11.3 Å². The molecule has 1 aromatic carbocycles. The highest BCUT2D eigenvalue weighted by atomic mass is 32.2. The van der Waals surface area contributed by atoms with E-state index < -0.39 is 10.0 Å². The van der Waals surface area contributed by atoms with E-state index >= 15 is 0 Å². The van der Waals surface area contributed by atoms with Crippen LogP contribution in [0.3, 0.4) is 0 Å². The number of nitrogens with one attached hydrogen (secondary N) is 1. The van der Waals surface area contributed by atoms with Crippen LogP contribution in [0.5, 0.6) is 0 Å². The quantitative estimate of drug-likeness (QED) is 0.532. The predicted octanol–water partition coefficient (Wildman–Crippen LogP) is 2.40. The first-order chi connectivity index (χ1) is 17.1. The summed E-state index contributed by atoms with van der Waals surface area (Å²) in [5.41, 5.74) is 4.89. The zero-order valence-corrected chi connectivity index (χ0v) is 21.7. The van der Waals surface area contributed by atoms with Crippen LogP contribution in [0.15, 0.2) is 42.6 Å². The van der Waals surface area contributed by atoms with Crippen LogP contribution < -0.4 is 10.5 Å². The Balaban J connectivity index is 1.59. The highest BCUT2D eigenvalue weighted by Gasteiger charge is 2.37. The molecule has 5 rings (SSSR count). The van der Waals surface area contributed by atoms with Gasteiger partial charge in [0, 0.05) is 44.4 Å². The van der Waals surface area contributed by atoms with Crippen molar-refractivity contribution in [3.05, 3.63) is 76.3 Å². The van der Waals surface area contributed by atoms with E-state index in [-0.39, 0.29) is 35.2 Å². The fraction of sp³-hybridized carbons (Fsp3) is 0.385. The maximum atomic E-state index is 12.7. The van der Waals surface area contributed by atoms with Crippen LogP contribution in [-0.4, -0.2) is 66.1 Å². The smallest absolute Gasteiger partial charge is 0.211 e. The van der Waals surface area contributed by atoms with Gasteiger partial charge in [0.1, 0.15) is 5.82 Å². The monoisotopic (exact) mass is 506 g/mol. The van der Waals surface area contributed by atoms with E-state index in [1.165, 1.54) is 17.5 Å². The average molecular weight is 507 g/mol. The Morgan fingerprint density at radius 1 is 1.17 bits per heavy atom. The predicted molar refractivity (Wildman–Crippen MR) is 137 cm³/mol. The molecule has 0 spiro atoms. The number of carbonyl (C=O) groups excluding carboxylic acids is 1. The minimum absolute atomic E-state index is 0.0934. The van der Waals surface area contributed by atoms with Gasteiger partial charge in [0.25, 0.3) is 0 Å². The number of ketones is 1. The Labute approximate surface area is 211 Å². The van der Waals surface area contributed by atoms with Crippen molar-refractivity contribution in [1.82, 2.24) is 18.9 Å². The van der Waals surface area contributed by atoms with Gasteiger partial charge in [0.2, 0.25) is 10.0 Å². The van der Waals surface area contributed by atoms with Gasteiger partial charge in [-0.3, -0.25) is 15.2 Å². The molecule has 0 amide bonds. The van der Waals surface area contributed by atoms with E-state index in [4.69, 9.17) is 15.4 Å². The van der Waals surface area contributed by atoms with Gasteiger partial charge in [-0.25, -0.2) is 22.4 Å². The Hall–Kier alpha value is -3.37. The first-order valence-electron chi connectivity index (χ1n) is 12.0. The van der Waals surface area contributed by atoms with E-state index in [2.05, 4.69) is 6.07 Å². The van der Waals surface area contributed by atoms with Gasteiger partial charge in [-0.2, -0.15) is 0 Å². The number of hydrogen-bond acceptors (Lipinski definition) is 7. The van der Waals surface area contributed by atoms with Crippen molar-refractivity contribution in [2.45, 2.75) is 32.1 Å². The molecule has 3 aromatic rings. The molecule has 2 aliphatic rings. The standard InChI is InChI=1S/C26H30N6O3S/c1-16-12-20(13-28-23(16)18-8-6-5-7-9-18)21-15-30(3)32-25(27)22(17(2)33)24(29-26(21)32)19-10-11-31(14-19)36(4,34)35/h5-9,12-13,19,21,27H,10-11,14-15H2,1-4H3. The topological polar surface area (TPSA) is 112 Å². The molecule has 0 aliphatic carbocycles. The molecule has 2 aromatic heterocycles. The number of Topliss-reactive ketones (excluding diaryl/α,β-unsaturated/α-hetero) is 1. The summed E-state index contributed by atoms with van der Waals surface area (Å²) in [4.78, 5) is 22.4. The molecule has 1 fully saturated rings. The fourth-order valence-electron chi connectivity index (χ4n) is 5.40. The molecule has 2 unspecified atom stereocenters. The van der Waals surface area contributed by atoms with Crippen molar-refractivity contribution in [3.8, 4) is 11.3 Å². The summed E-state index contributed by atoms with van der Waals surface area (Å²) in [6.45, 7) is 4.72. The third-order valence-corrected chi connectivity index (χ3v) is 8.43. The van der Waals surface area contributed by atoms with Crippen molar-refractivity contribution in [1.29, 1.82) is 5.41 Å². The van der Waals surface area contributed by atoms with Crippen LogP contribution in [0.2, 0.25) is 0 Å². The Morgan fingerprint density at radius 2 is 1.89 bits per heavy atom. The first kappa shape index (κ1) is 24.3. The van der Waals surface area contributed by atoms with Crippen LogP contribution in [0.1, 0.15) is 58.2 Å². The largest absolute Gasteiger partial charge is 0.312 e. The summed E-state index contributed by atoms with van der Waals surface area (Å²) < 4.78 is 27.3. The number of fused-ring (bicyclic) bond motifs is 1. The molecular weight excluding hydrogens is 476 g/mol. The molecule has 0 bridgehead atoms. The molecule has 0 radical (unpaired) electrons. The summed E-state index contributed by atoms with van der Waals surface area (Å²) in [6, 6.07) is 12.2. The molecule has 1 N–H and O–H groups in total.